The van der Waals surface area contributed by atoms with Crippen LogP contribution in [0.2, 0.25) is 0 Å². The Morgan fingerprint density at radius 1 is 1.22 bits per heavy atom. The topological polar surface area (TPSA) is 70.1 Å². The van der Waals surface area contributed by atoms with E-state index in [1.165, 1.54) is 47.2 Å². The van der Waals surface area contributed by atoms with Gasteiger partial charge in [0.25, 0.3) is 10.1 Å². The number of ether oxygens (including phenoxy) is 1. The second-order valence-electron chi connectivity index (χ2n) is 9.00. The summed E-state index contributed by atoms with van der Waals surface area (Å²) in [6, 6.07) is 13.6. The van der Waals surface area contributed by atoms with Gasteiger partial charge >= 0.3 is 0 Å². The number of fused-ring (bicyclic) bond motifs is 2. The van der Waals surface area contributed by atoms with Crippen molar-refractivity contribution in [2.24, 2.45) is 0 Å². The maximum Gasteiger partial charge on any atom is 0.261 e. The first-order chi connectivity index (χ1) is 15.2. The molecule has 1 atom stereocenters. The molecule has 176 valence electrons. The molecule has 0 bridgehead atoms. The van der Waals surface area contributed by atoms with E-state index in [0.29, 0.717) is 12.2 Å². The normalized spacial score (nSPS) is 17.4. The zero-order chi connectivity index (χ0) is 23.3. The first kappa shape index (κ1) is 24.6. The van der Waals surface area contributed by atoms with Crippen molar-refractivity contribution in [3.05, 3.63) is 58.7 Å². The molecule has 0 unspecified atom stereocenters. The van der Waals surface area contributed by atoms with Gasteiger partial charge in [0.1, 0.15) is 5.75 Å². The molecular weight excluding hydrogens is 424 g/mol. The number of hydrogen-bond donors (Lipinski definition) is 1. The summed E-state index contributed by atoms with van der Waals surface area (Å²) in [4.78, 5) is 4.89. The number of benzene rings is 2. The SMILES string of the molecule is COc1cccc2c1CCC[C@H]2CN(C)CCc1ccc2c(c1)N(C)CC2.CS(=O)(=O)O. The predicted molar refractivity (Wildman–Crippen MR) is 131 cm³/mol. The first-order valence-electron chi connectivity index (χ1n) is 11.3. The lowest BCUT2D eigenvalue weighted by atomic mass is 9.82. The number of anilines is 1. The minimum absolute atomic E-state index is 0.625. The lowest BCUT2D eigenvalue weighted by Crippen LogP contribution is -2.28. The molecule has 0 aromatic heterocycles. The van der Waals surface area contributed by atoms with Crippen molar-refractivity contribution in [2.75, 3.05) is 52.0 Å². The third-order valence-electron chi connectivity index (χ3n) is 6.40. The molecule has 32 heavy (non-hydrogen) atoms. The molecule has 0 saturated carbocycles. The van der Waals surface area contributed by atoms with Crippen molar-refractivity contribution >= 4 is 15.8 Å². The Morgan fingerprint density at radius 3 is 2.69 bits per heavy atom. The Balaban J connectivity index is 0.000000523. The summed E-state index contributed by atoms with van der Waals surface area (Å²) in [5.41, 5.74) is 7.34. The van der Waals surface area contributed by atoms with Gasteiger partial charge in [0.15, 0.2) is 0 Å². The standard InChI is InChI=1S/C24H32N2O.CH4O3S/c1-25(14-12-18-10-11-19-13-15-26(2)23(19)16-18)17-20-6-4-8-22-21(20)7-5-9-24(22)27-3;1-5(2,3)4/h5,7,9-11,16,20H,4,6,8,12-15,17H2,1-3H3;1H3,(H,2,3,4)/t20-;/m0./s1. The highest BCUT2D eigenvalue weighted by molar-refractivity contribution is 7.85. The van der Waals surface area contributed by atoms with Crippen LogP contribution >= 0.6 is 0 Å². The number of methoxy groups -OCH3 is 1. The molecule has 0 amide bonds. The maximum atomic E-state index is 9.19. The molecule has 0 spiro atoms. The van der Waals surface area contributed by atoms with E-state index in [1.807, 2.05) is 0 Å². The van der Waals surface area contributed by atoms with Crippen LogP contribution in [0.5, 0.6) is 5.75 Å². The molecule has 0 radical (unpaired) electrons. The minimum Gasteiger partial charge on any atom is -0.496 e. The van der Waals surface area contributed by atoms with Gasteiger partial charge in [0, 0.05) is 32.4 Å². The van der Waals surface area contributed by atoms with E-state index in [9.17, 15) is 8.42 Å². The number of hydrogen-bond acceptors (Lipinski definition) is 5. The Bertz CT molecular complexity index is 1010. The van der Waals surface area contributed by atoms with E-state index >= 15 is 0 Å². The molecular formula is C25H36N2O4S. The second kappa shape index (κ2) is 10.7. The fraction of sp³-hybridized carbons (Fsp3) is 0.520. The summed E-state index contributed by atoms with van der Waals surface area (Å²) in [6.45, 7) is 3.40. The zero-order valence-electron chi connectivity index (χ0n) is 19.7. The van der Waals surface area contributed by atoms with Crippen LogP contribution in [0.3, 0.4) is 0 Å². The third kappa shape index (κ3) is 6.70. The van der Waals surface area contributed by atoms with Crippen LogP contribution in [0, 0.1) is 0 Å². The quantitative estimate of drug-likeness (QED) is 0.662. The number of nitrogens with zero attached hydrogens (tertiary/aromatic N) is 2. The molecule has 0 fully saturated rings. The average molecular weight is 461 g/mol. The average Bonchev–Trinajstić information content (AvgIpc) is 3.11. The molecule has 4 rings (SSSR count). The molecule has 0 saturated heterocycles. The number of likely N-dealkylation sites (N-methyl/N-ethyl adjacent to an activating group) is 2. The van der Waals surface area contributed by atoms with Crippen LogP contribution in [0.1, 0.15) is 41.0 Å². The van der Waals surface area contributed by atoms with E-state index in [-0.39, 0.29) is 0 Å². The fourth-order valence-electron chi connectivity index (χ4n) is 4.82. The predicted octanol–water partition coefficient (Wildman–Crippen LogP) is 3.79. The van der Waals surface area contributed by atoms with E-state index in [0.717, 1.165) is 38.2 Å². The zero-order valence-corrected chi connectivity index (χ0v) is 20.5. The van der Waals surface area contributed by atoms with Crippen LogP contribution in [-0.4, -0.2) is 65.0 Å². The van der Waals surface area contributed by atoms with E-state index in [1.54, 1.807) is 7.11 Å². The largest absolute Gasteiger partial charge is 0.496 e. The maximum absolute atomic E-state index is 9.19. The van der Waals surface area contributed by atoms with E-state index in [2.05, 4.69) is 60.3 Å². The molecule has 1 N–H and O–H groups in total. The van der Waals surface area contributed by atoms with Crippen molar-refractivity contribution in [2.45, 2.75) is 38.0 Å². The van der Waals surface area contributed by atoms with Gasteiger partial charge in [-0.1, -0.05) is 24.3 Å². The van der Waals surface area contributed by atoms with Crippen molar-refractivity contribution in [1.29, 1.82) is 0 Å². The van der Waals surface area contributed by atoms with E-state index in [4.69, 9.17) is 9.29 Å². The lowest BCUT2D eigenvalue weighted by Gasteiger charge is -2.30. The van der Waals surface area contributed by atoms with Crippen LogP contribution in [0.4, 0.5) is 5.69 Å². The van der Waals surface area contributed by atoms with Gasteiger partial charge in [-0.25, -0.2) is 0 Å². The summed E-state index contributed by atoms with van der Waals surface area (Å²) in [7, 11) is 2.60. The Kier molecular flexibility index (Phi) is 8.20. The van der Waals surface area contributed by atoms with Gasteiger partial charge in [0.2, 0.25) is 0 Å². The second-order valence-corrected chi connectivity index (χ2v) is 10.5. The molecule has 2 aromatic carbocycles. The molecule has 6 nitrogen and oxygen atoms in total. The molecule has 1 heterocycles. The Morgan fingerprint density at radius 2 is 1.97 bits per heavy atom. The van der Waals surface area contributed by atoms with Crippen molar-refractivity contribution < 1.29 is 17.7 Å². The summed E-state index contributed by atoms with van der Waals surface area (Å²) in [5.74, 6) is 1.70. The van der Waals surface area contributed by atoms with Crippen LogP contribution in [-0.2, 0) is 29.4 Å². The van der Waals surface area contributed by atoms with Crippen molar-refractivity contribution in [3.8, 4) is 5.75 Å². The van der Waals surface area contributed by atoms with Crippen LogP contribution in [0.25, 0.3) is 0 Å². The van der Waals surface area contributed by atoms with Gasteiger partial charge in [-0.2, -0.15) is 8.42 Å². The minimum atomic E-state index is -3.67. The lowest BCUT2D eigenvalue weighted by molar-refractivity contribution is 0.299. The van der Waals surface area contributed by atoms with Gasteiger partial charge < -0.3 is 14.5 Å². The summed E-state index contributed by atoms with van der Waals surface area (Å²) < 4.78 is 31.5. The fourth-order valence-corrected chi connectivity index (χ4v) is 4.82. The van der Waals surface area contributed by atoms with Crippen LogP contribution in [0.15, 0.2) is 36.4 Å². The monoisotopic (exact) mass is 460 g/mol. The molecule has 1 aliphatic carbocycles. The smallest absolute Gasteiger partial charge is 0.261 e. The molecule has 2 aromatic rings. The third-order valence-corrected chi connectivity index (χ3v) is 6.40. The van der Waals surface area contributed by atoms with Gasteiger partial charge in [-0.05, 0) is 79.5 Å². The van der Waals surface area contributed by atoms with Crippen molar-refractivity contribution in [3.63, 3.8) is 0 Å². The number of rotatable bonds is 6. The molecule has 1 aliphatic heterocycles. The van der Waals surface area contributed by atoms with Gasteiger partial charge in [-0.3, -0.25) is 4.55 Å². The van der Waals surface area contributed by atoms with Gasteiger partial charge in [-0.15, -0.1) is 0 Å². The van der Waals surface area contributed by atoms with E-state index < -0.39 is 10.1 Å². The van der Waals surface area contributed by atoms with Crippen LogP contribution < -0.4 is 9.64 Å². The summed E-state index contributed by atoms with van der Waals surface area (Å²) >= 11 is 0. The Labute approximate surface area is 192 Å². The van der Waals surface area contributed by atoms with Gasteiger partial charge in [0.05, 0.1) is 13.4 Å². The summed E-state index contributed by atoms with van der Waals surface area (Å²) in [6.07, 6.45) is 6.73. The molecule has 2 aliphatic rings. The highest BCUT2D eigenvalue weighted by Gasteiger charge is 2.23. The van der Waals surface area contributed by atoms with Crippen molar-refractivity contribution in [1.82, 2.24) is 4.90 Å². The highest BCUT2D eigenvalue weighted by atomic mass is 32.2. The highest BCUT2D eigenvalue weighted by Crippen LogP contribution is 2.37. The summed E-state index contributed by atoms with van der Waals surface area (Å²) in [5, 5.41) is 0. The Hall–Kier alpha value is -2.09. The molecule has 7 heteroatoms. The first-order valence-corrected chi connectivity index (χ1v) is 13.1.